The second-order valence-electron chi connectivity index (χ2n) is 7.89. The Labute approximate surface area is 148 Å². The standard InChI is InChI=1S/C20H28FN3O/c21-16-3-6-19-18(13-16)20(23-25-19)15-8-11-24(12-9-15)10-7-14-1-4-17(22)5-2-14/h3,6,13-15,17H,1-2,4-5,7-12,22H2. The van der Waals surface area contributed by atoms with Crippen molar-refractivity contribution in [3.05, 3.63) is 29.7 Å². The van der Waals surface area contributed by atoms with Gasteiger partial charge in [-0.1, -0.05) is 5.16 Å². The molecule has 2 aromatic rings. The molecule has 25 heavy (non-hydrogen) atoms. The molecule has 0 bridgehead atoms. The maximum atomic E-state index is 13.5. The Balaban J connectivity index is 1.30. The van der Waals surface area contributed by atoms with Crippen LogP contribution < -0.4 is 5.73 Å². The van der Waals surface area contributed by atoms with Gasteiger partial charge in [0.25, 0.3) is 0 Å². The van der Waals surface area contributed by atoms with Crippen molar-refractivity contribution in [3.8, 4) is 0 Å². The van der Waals surface area contributed by atoms with Crippen LogP contribution in [0.1, 0.15) is 56.6 Å². The van der Waals surface area contributed by atoms with Crippen molar-refractivity contribution in [3.63, 3.8) is 0 Å². The maximum Gasteiger partial charge on any atom is 0.167 e. The van der Waals surface area contributed by atoms with Crippen molar-refractivity contribution >= 4 is 11.0 Å². The van der Waals surface area contributed by atoms with Gasteiger partial charge < -0.3 is 15.2 Å². The minimum absolute atomic E-state index is 0.221. The Bertz CT molecular complexity index is 700. The number of nitrogens with zero attached hydrogens (tertiary/aromatic N) is 2. The van der Waals surface area contributed by atoms with Crippen LogP contribution in [-0.4, -0.2) is 35.7 Å². The molecule has 0 atom stereocenters. The molecule has 4 rings (SSSR count). The van der Waals surface area contributed by atoms with Crippen LogP contribution in [-0.2, 0) is 0 Å². The molecule has 1 aromatic heterocycles. The van der Waals surface area contributed by atoms with E-state index in [1.165, 1.54) is 44.7 Å². The largest absolute Gasteiger partial charge is 0.356 e. The first-order chi connectivity index (χ1) is 12.2. The number of nitrogens with two attached hydrogens (primary N) is 1. The Kier molecular flexibility index (Phi) is 5.04. The fourth-order valence-electron chi connectivity index (χ4n) is 4.50. The molecular formula is C20H28FN3O. The maximum absolute atomic E-state index is 13.5. The van der Waals surface area contributed by atoms with E-state index in [-0.39, 0.29) is 5.82 Å². The van der Waals surface area contributed by atoms with E-state index in [2.05, 4.69) is 10.1 Å². The normalized spacial score (nSPS) is 26.3. The van der Waals surface area contributed by atoms with E-state index >= 15 is 0 Å². The summed E-state index contributed by atoms with van der Waals surface area (Å²) in [7, 11) is 0. The predicted molar refractivity (Wildman–Crippen MR) is 96.9 cm³/mol. The molecule has 0 amide bonds. The third-order valence-corrected chi connectivity index (χ3v) is 6.18. The Morgan fingerprint density at radius 2 is 1.88 bits per heavy atom. The first kappa shape index (κ1) is 17.0. The summed E-state index contributed by atoms with van der Waals surface area (Å²) in [6, 6.07) is 5.10. The topological polar surface area (TPSA) is 55.3 Å². The lowest BCUT2D eigenvalue weighted by Gasteiger charge is -2.33. The number of aromatic nitrogens is 1. The molecule has 0 unspecified atom stereocenters. The van der Waals surface area contributed by atoms with Crippen LogP contribution >= 0.6 is 0 Å². The highest BCUT2D eigenvalue weighted by Gasteiger charge is 2.26. The molecule has 4 nitrogen and oxygen atoms in total. The SMILES string of the molecule is NC1CCC(CCN2CCC(c3noc4ccc(F)cc34)CC2)CC1. The Hall–Kier alpha value is -1.46. The van der Waals surface area contributed by atoms with E-state index in [1.807, 2.05) is 0 Å². The van der Waals surface area contributed by atoms with Crippen molar-refractivity contribution < 1.29 is 8.91 Å². The summed E-state index contributed by atoms with van der Waals surface area (Å²) in [4.78, 5) is 2.58. The lowest BCUT2D eigenvalue weighted by atomic mass is 9.84. The van der Waals surface area contributed by atoms with E-state index in [1.54, 1.807) is 12.1 Å². The van der Waals surface area contributed by atoms with Crippen LogP contribution in [0.5, 0.6) is 0 Å². The summed E-state index contributed by atoms with van der Waals surface area (Å²) < 4.78 is 18.9. The number of rotatable bonds is 4. The van der Waals surface area contributed by atoms with E-state index in [4.69, 9.17) is 10.3 Å². The number of hydrogen-bond donors (Lipinski definition) is 1. The van der Waals surface area contributed by atoms with Gasteiger partial charge in [-0.05, 0) is 88.7 Å². The molecule has 2 heterocycles. The summed E-state index contributed by atoms with van der Waals surface area (Å²) in [5.41, 5.74) is 7.63. The first-order valence-corrected chi connectivity index (χ1v) is 9.72. The summed E-state index contributed by atoms with van der Waals surface area (Å²) >= 11 is 0. The van der Waals surface area contributed by atoms with Crippen molar-refractivity contribution in [2.24, 2.45) is 11.7 Å². The zero-order valence-electron chi connectivity index (χ0n) is 14.8. The van der Waals surface area contributed by atoms with Crippen molar-refractivity contribution in [1.29, 1.82) is 0 Å². The van der Waals surface area contributed by atoms with Crippen molar-refractivity contribution in [1.82, 2.24) is 10.1 Å². The van der Waals surface area contributed by atoms with Crippen LogP contribution in [0.2, 0.25) is 0 Å². The second-order valence-corrected chi connectivity index (χ2v) is 7.89. The van der Waals surface area contributed by atoms with Crippen molar-refractivity contribution in [2.75, 3.05) is 19.6 Å². The molecule has 5 heteroatoms. The molecule has 0 radical (unpaired) electrons. The predicted octanol–water partition coefficient (Wildman–Crippen LogP) is 4.05. The number of hydrogen-bond acceptors (Lipinski definition) is 4. The summed E-state index contributed by atoms with van der Waals surface area (Å²) in [5, 5.41) is 5.08. The fraction of sp³-hybridized carbons (Fsp3) is 0.650. The average Bonchev–Trinajstić information content (AvgIpc) is 3.05. The number of benzene rings is 1. The third-order valence-electron chi connectivity index (χ3n) is 6.18. The molecule has 1 aliphatic heterocycles. The van der Waals surface area contributed by atoms with Crippen LogP contribution in [0, 0.1) is 11.7 Å². The molecular weight excluding hydrogens is 317 g/mol. The molecule has 0 spiro atoms. The van der Waals surface area contributed by atoms with Gasteiger partial charge in [0.1, 0.15) is 5.82 Å². The highest BCUT2D eigenvalue weighted by Crippen LogP contribution is 2.33. The number of fused-ring (bicyclic) bond motifs is 1. The molecule has 2 fully saturated rings. The quantitative estimate of drug-likeness (QED) is 0.908. The zero-order chi connectivity index (χ0) is 17.2. The summed E-state index contributed by atoms with van der Waals surface area (Å²) in [5.74, 6) is 1.02. The highest BCUT2D eigenvalue weighted by atomic mass is 19.1. The van der Waals surface area contributed by atoms with Crippen molar-refractivity contribution in [2.45, 2.75) is 56.9 Å². The van der Waals surface area contributed by atoms with Gasteiger partial charge in [0.15, 0.2) is 5.58 Å². The summed E-state index contributed by atoms with van der Waals surface area (Å²) in [6.07, 6.45) is 8.45. The summed E-state index contributed by atoms with van der Waals surface area (Å²) in [6.45, 7) is 3.39. The Morgan fingerprint density at radius 3 is 2.64 bits per heavy atom. The third kappa shape index (κ3) is 3.87. The molecule has 1 aromatic carbocycles. The average molecular weight is 345 g/mol. The van der Waals surface area contributed by atoms with E-state index in [9.17, 15) is 4.39 Å². The van der Waals surface area contributed by atoms with Crippen LogP contribution in [0.3, 0.4) is 0 Å². The first-order valence-electron chi connectivity index (χ1n) is 9.72. The molecule has 2 N–H and O–H groups in total. The highest BCUT2D eigenvalue weighted by molar-refractivity contribution is 5.79. The van der Waals surface area contributed by atoms with Crippen LogP contribution in [0.4, 0.5) is 4.39 Å². The van der Waals surface area contributed by atoms with Gasteiger partial charge in [-0.2, -0.15) is 0 Å². The lowest BCUT2D eigenvalue weighted by Crippen LogP contribution is -2.35. The second kappa shape index (κ2) is 7.42. The minimum atomic E-state index is -0.221. The van der Waals surface area contributed by atoms with E-state index < -0.39 is 0 Å². The smallest absolute Gasteiger partial charge is 0.167 e. The number of piperidine rings is 1. The van der Waals surface area contributed by atoms with Gasteiger partial charge in [0.05, 0.1) is 5.69 Å². The van der Waals surface area contributed by atoms with Crippen LogP contribution in [0.15, 0.2) is 22.7 Å². The number of likely N-dealkylation sites (tertiary alicyclic amines) is 1. The minimum Gasteiger partial charge on any atom is -0.356 e. The van der Waals surface area contributed by atoms with Gasteiger partial charge in [0.2, 0.25) is 0 Å². The zero-order valence-corrected chi connectivity index (χ0v) is 14.8. The fourth-order valence-corrected chi connectivity index (χ4v) is 4.50. The molecule has 136 valence electrons. The lowest BCUT2D eigenvalue weighted by molar-refractivity contribution is 0.184. The Morgan fingerprint density at radius 1 is 1.12 bits per heavy atom. The van der Waals surface area contributed by atoms with Crippen LogP contribution in [0.25, 0.3) is 11.0 Å². The van der Waals surface area contributed by atoms with Gasteiger partial charge in [0, 0.05) is 17.3 Å². The van der Waals surface area contributed by atoms with E-state index in [0.717, 1.165) is 42.9 Å². The van der Waals surface area contributed by atoms with Gasteiger partial charge in [-0.15, -0.1) is 0 Å². The van der Waals surface area contributed by atoms with Gasteiger partial charge in [-0.25, -0.2) is 4.39 Å². The molecule has 1 aliphatic carbocycles. The molecule has 2 aliphatic rings. The molecule has 1 saturated heterocycles. The number of halogens is 1. The van der Waals surface area contributed by atoms with Gasteiger partial charge in [-0.3, -0.25) is 0 Å². The monoisotopic (exact) mass is 345 g/mol. The molecule has 1 saturated carbocycles. The van der Waals surface area contributed by atoms with Gasteiger partial charge >= 0.3 is 0 Å². The van der Waals surface area contributed by atoms with E-state index in [0.29, 0.717) is 17.5 Å².